The molecule has 1 N–H and O–H groups in total. The van der Waals surface area contributed by atoms with Gasteiger partial charge in [-0.25, -0.2) is 0 Å². The van der Waals surface area contributed by atoms with Gasteiger partial charge in [0.25, 0.3) is 0 Å². The van der Waals surface area contributed by atoms with Crippen LogP contribution in [0.2, 0.25) is 0 Å². The van der Waals surface area contributed by atoms with Crippen molar-refractivity contribution in [3.05, 3.63) is 35.4 Å². The van der Waals surface area contributed by atoms with Crippen molar-refractivity contribution in [2.24, 2.45) is 0 Å². The van der Waals surface area contributed by atoms with Crippen molar-refractivity contribution in [1.29, 1.82) is 0 Å². The fourth-order valence-electron chi connectivity index (χ4n) is 0.951. The molecule has 1 rings (SSSR count). The Morgan fingerprint density at radius 1 is 1.55 bits per heavy atom. The van der Waals surface area contributed by atoms with Crippen molar-refractivity contribution in [1.82, 2.24) is 0 Å². The molecule has 1 atom stereocenters. The molecule has 0 aliphatic rings. The molecular formula is C9H12OS. The second-order valence-corrected chi connectivity index (χ2v) is 2.90. The Morgan fingerprint density at radius 3 is 2.82 bits per heavy atom. The maximum atomic E-state index is 9.22. The minimum atomic E-state index is -0.380. The highest BCUT2D eigenvalue weighted by atomic mass is 32.1. The SMILES string of the molecule is CC(O)c1cccc(CS)c1. The number of aliphatic hydroxyl groups excluding tert-OH is 1. The van der Waals surface area contributed by atoms with Crippen molar-refractivity contribution in [2.75, 3.05) is 0 Å². The van der Waals surface area contributed by atoms with E-state index in [0.29, 0.717) is 0 Å². The quantitative estimate of drug-likeness (QED) is 0.648. The van der Waals surface area contributed by atoms with Crippen molar-refractivity contribution in [2.45, 2.75) is 18.8 Å². The molecule has 2 heteroatoms. The Balaban J connectivity index is 2.91. The van der Waals surface area contributed by atoms with Crippen molar-refractivity contribution >= 4 is 12.6 Å². The largest absolute Gasteiger partial charge is 0.389 e. The van der Waals surface area contributed by atoms with E-state index in [0.717, 1.165) is 16.9 Å². The van der Waals surface area contributed by atoms with Gasteiger partial charge in [-0.2, -0.15) is 12.6 Å². The van der Waals surface area contributed by atoms with Crippen LogP contribution in [0.3, 0.4) is 0 Å². The van der Waals surface area contributed by atoms with Gasteiger partial charge in [-0.1, -0.05) is 24.3 Å². The van der Waals surface area contributed by atoms with Crippen LogP contribution in [-0.4, -0.2) is 5.11 Å². The molecule has 0 aliphatic heterocycles. The minimum Gasteiger partial charge on any atom is -0.389 e. The lowest BCUT2D eigenvalue weighted by Crippen LogP contribution is -1.91. The molecule has 0 aromatic heterocycles. The first-order valence-electron chi connectivity index (χ1n) is 3.62. The predicted molar refractivity (Wildman–Crippen MR) is 49.8 cm³/mol. The lowest BCUT2D eigenvalue weighted by atomic mass is 10.1. The molecule has 1 aromatic rings. The van der Waals surface area contributed by atoms with E-state index < -0.39 is 0 Å². The summed E-state index contributed by atoms with van der Waals surface area (Å²) in [5, 5.41) is 9.22. The summed E-state index contributed by atoms with van der Waals surface area (Å²) in [7, 11) is 0. The van der Waals surface area contributed by atoms with E-state index in [-0.39, 0.29) is 6.10 Å². The van der Waals surface area contributed by atoms with Gasteiger partial charge in [-0.05, 0) is 18.1 Å². The molecule has 11 heavy (non-hydrogen) atoms. The van der Waals surface area contributed by atoms with E-state index >= 15 is 0 Å². The molecule has 0 fully saturated rings. The molecule has 0 amide bonds. The third-order valence-corrected chi connectivity index (χ3v) is 1.98. The Morgan fingerprint density at radius 2 is 2.27 bits per heavy atom. The lowest BCUT2D eigenvalue weighted by Gasteiger charge is -2.05. The molecule has 1 aromatic carbocycles. The standard InChI is InChI=1S/C9H12OS/c1-7(10)9-4-2-3-8(5-9)6-11/h2-5,7,10-11H,6H2,1H3. The van der Waals surface area contributed by atoms with Gasteiger partial charge in [-0.15, -0.1) is 0 Å². The Kier molecular flexibility index (Phi) is 2.97. The Bertz CT molecular complexity index is 233. The number of benzene rings is 1. The summed E-state index contributed by atoms with van der Waals surface area (Å²) in [5.41, 5.74) is 2.10. The van der Waals surface area contributed by atoms with Crippen LogP contribution in [0.5, 0.6) is 0 Å². The summed E-state index contributed by atoms with van der Waals surface area (Å²) in [6, 6.07) is 7.82. The summed E-state index contributed by atoms with van der Waals surface area (Å²) in [6.45, 7) is 1.76. The minimum absolute atomic E-state index is 0.380. The van der Waals surface area contributed by atoms with Crippen molar-refractivity contribution in [3.63, 3.8) is 0 Å². The number of aliphatic hydroxyl groups is 1. The molecule has 60 valence electrons. The van der Waals surface area contributed by atoms with E-state index in [2.05, 4.69) is 12.6 Å². The summed E-state index contributed by atoms with van der Waals surface area (Å²) in [6.07, 6.45) is -0.380. The maximum absolute atomic E-state index is 9.22. The highest BCUT2D eigenvalue weighted by molar-refractivity contribution is 7.79. The van der Waals surface area contributed by atoms with Gasteiger partial charge in [0.1, 0.15) is 0 Å². The fourth-order valence-corrected chi connectivity index (χ4v) is 1.15. The normalized spacial score (nSPS) is 13.0. The zero-order valence-electron chi connectivity index (χ0n) is 6.49. The van der Waals surface area contributed by atoms with Gasteiger partial charge in [0.05, 0.1) is 6.10 Å². The van der Waals surface area contributed by atoms with Gasteiger partial charge in [0, 0.05) is 5.75 Å². The van der Waals surface area contributed by atoms with Gasteiger partial charge in [0.15, 0.2) is 0 Å². The number of hydrogen-bond acceptors (Lipinski definition) is 2. The summed E-state index contributed by atoms with van der Waals surface area (Å²) in [5.74, 6) is 0.723. The molecule has 0 saturated carbocycles. The first-order chi connectivity index (χ1) is 5.24. The van der Waals surface area contributed by atoms with Gasteiger partial charge < -0.3 is 5.11 Å². The van der Waals surface area contributed by atoms with Gasteiger partial charge >= 0.3 is 0 Å². The first-order valence-corrected chi connectivity index (χ1v) is 4.25. The average Bonchev–Trinajstić information content (AvgIpc) is 2.05. The van der Waals surface area contributed by atoms with Crippen LogP contribution in [0, 0.1) is 0 Å². The summed E-state index contributed by atoms with van der Waals surface area (Å²) >= 11 is 4.14. The number of hydrogen-bond donors (Lipinski definition) is 2. The maximum Gasteiger partial charge on any atom is 0.0762 e. The van der Waals surface area contributed by atoms with E-state index in [1.54, 1.807) is 6.92 Å². The van der Waals surface area contributed by atoms with Crippen molar-refractivity contribution in [3.8, 4) is 0 Å². The second-order valence-electron chi connectivity index (χ2n) is 2.58. The smallest absolute Gasteiger partial charge is 0.0762 e. The monoisotopic (exact) mass is 168 g/mol. The van der Waals surface area contributed by atoms with Crippen LogP contribution in [0.4, 0.5) is 0 Å². The zero-order chi connectivity index (χ0) is 8.27. The molecule has 0 aliphatic carbocycles. The van der Waals surface area contributed by atoms with E-state index in [4.69, 9.17) is 0 Å². The molecular weight excluding hydrogens is 156 g/mol. The zero-order valence-corrected chi connectivity index (χ0v) is 7.38. The third kappa shape index (κ3) is 2.24. The lowest BCUT2D eigenvalue weighted by molar-refractivity contribution is 0.199. The van der Waals surface area contributed by atoms with Gasteiger partial charge in [-0.3, -0.25) is 0 Å². The first kappa shape index (κ1) is 8.62. The summed E-state index contributed by atoms with van der Waals surface area (Å²) in [4.78, 5) is 0. The number of rotatable bonds is 2. The molecule has 0 heterocycles. The van der Waals surface area contributed by atoms with E-state index in [1.165, 1.54) is 0 Å². The second kappa shape index (κ2) is 3.79. The third-order valence-electron chi connectivity index (χ3n) is 1.62. The molecule has 0 bridgehead atoms. The van der Waals surface area contributed by atoms with Crippen LogP contribution < -0.4 is 0 Å². The van der Waals surface area contributed by atoms with E-state index in [1.807, 2.05) is 24.3 Å². The number of thiol groups is 1. The van der Waals surface area contributed by atoms with Crippen LogP contribution >= 0.6 is 12.6 Å². The van der Waals surface area contributed by atoms with Crippen LogP contribution in [0.25, 0.3) is 0 Å². The Hall–Kier alpha value is -0.470. The predicted octanol–water partition coefficient (Wildman–Crippen LogP) is 2.17. The molecule has 0 spiro atoms. The summed E-state index contributed by atoms with van der Waals surface area (Å²) < 4.78 is 0. The van der Waals surface area contributed by atoms with Crippen LogP contribution in [0.15, 0.2) is 24.3 Å². The fraction of sp³-hybridized carbons (Fsp3) is 0.333. The molecule has 0 saturated heterocycles. The van der Waals surface area contributed by atoms with Crippen molar-refractivity contribution < 1.29 is 5.11 Å². The topological polar surface area (TPSA) is 20.2 Å². The highest BCUT2D eigenvalue weighted by Gasteiger charge is 1.99. The van der Waals surface area contributed by atoms with Crippen LogP contribution in [0.1, 0.15) is 24.2 Å². The molecule has 1 unspecified atom stereocenters. The van der Waals surface area contributed by atoms with E-state index in [9.17, 15) is 5.11 Å². The highest BCUT2D eigenvalue weighted by Crippen LogP contribution is 2.14. The van der Waals surface area contributed by atoms with Crippen LogP contribution in [-0.2, 0) is 5.75 Å². The average molecular weight is 168 g/mol. The Labute approximate surface area is 72.5 Å². The molecule has 0 radical (unpaired) electrons. The molecule has 1 nitrogen and oxygen atoms in total. The van der Waals surface area contributed by atoms with Gasteiger partial charge in [0.2, 0.25) is 0 Å².